The summed E-state index contributed by atoms with van der Waals surface area (Å²) in [7, 11) is 3.25. The van der Waals surface area contributed by atoms with Gasteiger partial charge in [0, 0.05) is 61.6 Å². The van der Waals surface area contributed by atoms with E-state index in [4.69, 9.17) is 19.2 Å². The van der Waals surface area contributed by atoms with E-state index in [2.05, 4.69) is 22.1 Å². The van der Waals surface area contributed by atoms with Crippen LogP contribution in [0, 0.1) is 18.6 Å². The number of halogens is 2. The predicted octanol–water partition coefficient (Wildman–Crippen LogP) is 6.78. The van der Waals surface area contributed by atoms with Crippen LogP contribution in [0.1, 0.15) is 60.0 Å². The molecule has 7 rings (SSSR count). The lowest BCUT2D eigenvalue weighted by atomic mass is 9.98. The summed E-state index contributed by atoms with van der Waals surface area (Å²) in [5, 5.41) is 5.70. The summed E-state index contributed by atoms with van der Waals surface area (Å²) >= 11 is 0. The third-order valence-corrected chi connectivity index (χ3v) is 10.1. The Morgan fingerprint density at radius 3 is 2.61 bits per heavy atom. The standard InChI is InChI=1S/C39H41F2N5O5/c1-23-43-35-29(45(23)16-18-49-3)22-31(50-4)33-26-9-8-15-46-30(21-24(36(26)46)11-17-51-38(33)35)37(48)25-19-27(40)34(28(41)20-25)44-32(47)10-7-14-42-39(2)12-5-6-13-39/h7-10,15,19-22,42H,5-6,11-14,16-18H2,1-4H3,(H,44,47)/b10-7+. The quantitative estimate of drug-likeness (QED) is 0.116. The lowest BCUT2D eigenvalue weighted by Crippen LogP contribution is -2.39. The molecule has 12 heteroatoms. The van der Waals surface area contributed by atoms with Crippen molar-refractivity contribution in [2.75, 3.05) is 39.3 Å². The van der Waals surface area contributed by atoms with Crippen molar-refractivity contribution < 1.29 is 32.6 Å². The van der Waals surface area contributed by atoms with E-state index in [9.17, 15) is 9.59 Å². The number of methoxy groups -OCH3 is 2. The van der Waals surface area contributed by atoms with Gasteiger partial charge in [0.15, 0.2) is 5.75 Å². The second-order valence-corrected chi connectivity index (χ2v) is 13.4. The molecule has 1 amide bonds. The maximum absolute atomic E-state index is 15.3. The molecule has 1 aliphatic heterocycles. The number of fused-ring (bicyclic) bond motifs is 4. The zero-order valence-electron chi connectivity index (χ0n) is 29.2. The Morgan fingerprint density at radius 1 is 1.12 bits per heavy atom. The average molecular weight is 698 g/mol. The first-order valence-electron chi connectivity index (χ1n) is 17.2. The average Bonchev–Trinajstić information content (AvgIpc) is 3.80. The molecule has 266 valence electrons. The number of anilines is 1. The van der Waals surface area contributed by atoms with E-state index in [0.29, 0.717) is 55.3 Å². The normalized spacial score (nSPS) is 15.2. The Morgan fingerprint density at radius 2 is 1.88 bits per heavy atom. The van der Waals surface area contributed by atoms with Gasteiger partial charge in [-0.15, -0.1) is 0 Å². The Labute approximate surface area is 294 Å². The van der Waals surface area contributed by atoms with E-state index in [1.54, 1.807) is 43.0 Å². The molecule has 0 saturated heterocycles. The third kappa shape index (κ3) is 6.38. The molecule has 5 aromatic rings. The monoisotopic (exact) mass is 697 g/mol. The van der Waals surface area contributed by atoms with Gasteiger partial charge in [0.1, 0.15) is 34.4 Å². The van der Waals surface area contributed by atoms with Gasteiger partial charge in [0.25, 0.3) is 0 Å². The largest absolute Gasteiger partial charge is 0.496 e. The minimum atomic E-state index is -1.05. The molecule has 1 fully saturated rings. The number of rotatable bonds is 11. The van der Waals surface area contributed by atoms with Crippen molar-refractivity contribution in [2.45, 2.75) is 58.0 Å². The number of imidazole rings is 1. The number of carbonyl (C=O) groups excluding carboxylic acids is 2. The number of ketones is 1. The van der Waals surface area contributed by atoms with Crippen LogP contribution in [-0.2, 0) is 22.5 Å². The zero-order valence-corrected chi connectivity index (χ0v) is 29.2. The van der Waals surface area contributed by atoms with Crippen LogP contribution in [-0.4, -0.2) is 65.2 Å². The lowest BCUT2D eigenvalue weighted by Gasteiger charge is -2.24. The molecule has 3 aromatic heterocycles. The second-order valence-electron chi connectivity index (χ2n) is 13.4. The van der Waals surface area contributed by atoms with Crippen molar-refractivity contribution in [3.8, 4) is 22.6 Å². The molecule has 0 unspecified atom stereocenters. The molecule has 2 aromatic carbocycles. The molecule has 2 aliphatic rings. The maximum atomic E-state index is 15.3. The fraction of sp³-hybridized carbons (Fsp3) is 0.359. The second kappa shape index (κ2) is 13.9. The van der Waals surface area contributed by atoms with Crippen molar-refractivity contribution in [1.29, 1.82) is 0 Å². The van der Waals surface area contributed by atoms with Gasteiger partial charge in [0.05, 0.1) is 42.6 Å². The van der Waals surface area contributed by atoms with E-state index < -0.39 is 29.0 Å². The van der Waals surface area contributed by atoms with Crippen molar-refractivity contribution in [3.63, 3.8) is 0 Å². The summed E-state index contributed by atoms with van der Waals surface area (Å²) in [6, 6.07) is 9.31. The fourth-order valence-corrected chi connectivity index (χ4v) is 7.45. The van der Waals surface area contributed by atoms with Crippen LogP contribution in [0.5, 0.6) is 11.5 Å². The summed E-state index contributed by atoms with van der Waals surface area (Å²) in [6.07, 6.45) is 9.56. The van der Waals surface area contributed by atoms with Gasteiger partial charge in [-0.3, -0.25) is 9.59 Å². The molecule has 0 bridgehead atoms. The molecule has 0 atom stereocenters. The molecule has 51 heavy (non-hydrogen) atoms. The molecule has 2 N–H and O–H groups in total. The molecular formula is C39H41F2N5O5. The number of hydrogen-bond acceptors (Lipinski definition) is 7. The number of benzene rings is 2. The Bertz CT molecular complexity index is 2170. The summed E-state index contributed by atoms with van der Waals surface area (Å²) in [4.78, 5) is 31.3. The first-order valence-corrected chi connectivity index (χ1v) is 17.2. The van der Waals surface area contributed by atoms with Gasteiger partial charge in [-0.25, -0.2) is 13.8 Å². The van der Waals surface area contributed by atoms with Crippen molar-refractivity contribution in [3.05, 3.63) is 89.0 Å². The highest BCUT2D eigenvalue weighted by Crippen LogP contribution is 2.47. The van der Waals surface area contributed by atoms with Crippen LogP contribution >= 0.6 is 0 Å². The molecule has 4 heterocycles. The van der Waals surface area contributed by atoms with Crippen LogP contribution in [0.25, 0.3) is 27.7 Å². The number of amides is 1. The zero-order chi connectivity index (χ0) is 35.9. The van der Waals surface area contributed by atoms with Crippen LogP contribution < -0.4 is 20.1 Å². The summed E-state index contributed by atoms with van der Waals surface area (Å²) < 4.78 is 52.1. The van der Waals surface area contributed by atoms with Crippen LogP contribution in [0.2, 0.25) is 0 Å². The topological polar surface area (TPSA) is 108 Å². The van der Waals surface area contributed by atoms with Crippen LogP contribution in [0.4, 0.5) is 14.5 Å². The van der Waals surface area contributed by atoms with Gasteiger partial charge in [-0.05, 0) is 56.5 Å². The highest BCUT2D eigenvalue weighted by Gasteiger charge is 2.29. The number of nitrogens with one attached hydrogen (secondary N) is 2. The van der Waals surface area contributed by atoms with E-state index in [1.807, 2.05) is 19.1 Å². The third-order valence-electron chi connectivity index (χ3n) is 10.1. The van der Waals surface area contributed by atoms with Gasteiger partial charge >= 0.3 is 0 Å². The smallest absolute Gasteiger partial charge is 0.248 e. The lowest BCUT2D eigenvalue weighted by molar-refractivity contribution is -0.112. The van der Waals surface area contributed by atoms with Gasteiger partial charge < -0.3 is 33.8 Å². The van der Waals surface area contributed by atoms with Crippen LogP contribution in [0.15, 0.2) is 54.7 Å². The van der Waals surface area contributed by atoms with Crippen molar-refractivity contribution in [1.82, 2.24) is 19.3 Å². The number of aromatic nitrogens is 3. The molecular weight excluding hydrogens is 656 g/mol. The van der Waals surface area contributed by atoms with E-state index >= 15 is 8.78 Å². The minimum absolute atomic E-state index is 0.0390. The summed E-state index contributed by atoms with van der Waals surface area (Å²) in [6.45, 7) is 5.95. The number of hydrogen-bond donors (Lipinski definition) is 2. The van der Waals surface area contributed by atoms with Gasteiger partial charge in [-0.1, -0.05) is 25.0 Å². The maximum Gasteiger partial charge on any atom is 0.248 e. The predicted molar refractivity (Wildman–Crippen MR) is 191 cm³/mol. The number of pyridine rings is 1. The summed E-state index contributed by atoms with van der Waals surface area (Å²) in [5.74, 6) is -1.39. The number of ether oxygens (including phenoxy) is 3. The van der Waals surface area contributed by atoms with Gasteiger partial charge in [-0.2, -0.15) is 0 Å². The van der Waals surface area contributed by atoms with Crippen molar-refractivity contribution in [2.24, 2.45) is 0 Å². The molecule has 1 saturated carbocycles. The molecule has 0 spiro atoms. The van der Waals surface area contributed by atoms with Crippen LogP contribution in [0.3, 0.4) is 0 Å². The van der Waals surface area contributed by atoms with Crippen molar-refractivity contribution >= 4 is 33.9 Å². The fourth-order valence-electron chi connectivity index (χ4n) is 7.45. The molecule has 10 nitrogen and oxygen atoms in total. The van der Waals surface area contributed by atoms with E-state index in [0.717, 1.165) is 53.0 Å². The highest BCUT2D eigenvalue weighted by atomic mass is 19.1. The molecule has 0 radical (unpaired) electrons. The van der Waals surface area contributed by atoms with E-state index in [1.165, 1.54) is 18.9 Å². The first kappa shape index (κ1) is 34.4. The first-order chi connectivity index (χ1) is 24.6. The number of carbonyl (C=O) groups is 2. The Balaban J connectivity index is 1.20. The van der Waals surface area contributed by atoms with E-state index in [-0.39, 0.29) is 16.8 Å². The molecule has 1 aliphatic carbocycles. The van der Waals surface area contributed by atoms with Gasteiger partial charge in [0.2, 0.25) is 11.7 Å². The Hall–Kier alpha value is -5.07. The SMILES string of the molecule is COCCn1c(C)nc2c3c(c(OC)cc21)-c1cccn2c(C(=O)c4cc(F)c(NC(=O)/C=C/CNC5(C)CCCC5)c(F)c4)cc(c12)CCO3. The minimum Gasteiger partial charge on any atom is -0.496 e. The summed E-state index contributed by atoms with van der Waals surface area (Å²) in [5.41, 5.74) is 4.05. The number of nitrogens with zero attached hydrogens (tertiary/aromatic N) is 3. The highest BCUT2D eigenvalue weighted by molar-refractivity contribution is 6.10. The number of aryl methyl sites for hydroxylation is 1. The Kier molecular flexibility index (Phi) is 9.38.